The Morgan fingerprint density at radius 1 is 1.50 bits per heavy atom. The van der Waals surface area contributed by atoms with Crippen LogP contribution in [0.15, 0.2) is 0 Å². The van der Waals surface area contributed by atoms with Crippen molar-refractivity contribution >= 4 is 16.5 Å². The van der Waals surface area contributed by atoms with E-state index < -0.39 is 0 Å². The first-order valence-corrected chi connectivity index (χ1v) is 6.35. The molecule has 0 bridgehead atoms. The molecule has 0 unspecified atom stereocenters. The van der Waals surface area contributed by atoms with Gasteiger partial charge in [0.1, 0.15) is 10.7 Å². The number of piperidine rings is 1. The van der Waals surface area contributed by atoms with Crippen LogP contribution in [0.1, 0.15) is 18.5 Å². The standard InChI is InChI=1S/C10H18N4OS/c1-15-7-8-2-4-14(5-3-8)6-9-10(11)16-13-12-9/h8H,2-7,11H2,1H3. The second-order valence-electron chi connectivity index (χ2n) is 4.26. The van der Waals surface area contributed by atoms with Crippen molar-refractivity contribution in [2.24, 2.45) is 5.92 Å². The van der Waals surface area contributed by atoms with Crippen LogP contribution in [0.4, 0.5) is 5.00 Å². The summed E-state index contributed by atoms with van der Waals surface area (Å²) >= 11 is 1.27. The maximum atomic E-state index is 5.78. The van der Waals surface area contributed by atoms with Crippen LogP contribution in [0, 0.1) is 5.92 Å². The lowest BCUT2D eigenvalue weighted by Gasteiger charge is -2.30. The van der Waals surface area contributed by atoms with E-state index in [1.165, 1.54) is 24.4 Å². The van der Waals surface area contributed by atoms with Crippen molar-refractivity contribution in [3.63, 3.8) is 0 Å². The Morgan fingerprint density at radius 3 is 2.81 bits per heavy atom. The summed E-state index contributed by atoms with van der Waals surface area (Å²) in [5, 5.41) is 4.79. The molecule has 1 aliphatic rings. The van der Waals surface area contributed by atoms with Crippen LogP contribution in [-0.4, -0.2) is 41.3 Å². The second kappa shape index (κ2) is 5.56. The lowest BCUT2D eigenvalue weighted by Crippen LogP contribution is -2.34. The molecule has 5 nitrogen and oxygen atoms in total. The highest BCUT2D eigenvalue weighted by atomic mass is 32.1. The molecule has 2 heterocycles. The molecule has 1 aromatic rings. The van der Waals surface area contributed by atoms with Gasteiger partial charge in [0.25, 0.3) is 0 Å². The molecule has 1 fully saturated rings. The molecular weight excluding hydrogens is 224 g/mol. The Hall–Kier alpha value is -0.720. The van der Waals surface area contributed by atoms with E-state index in [4.69, 9.17) is 10.5 Å². The van der Waals surface area contributed by atoms with Gasteiger partial charge in [-0.2, -0.15) is 0 Å². The minimum absolute atomic E-state index is 0.715. The fourth-order valence-electron chi connectivity index (χ4n) is 2.08. The van der Waals surface area contributed by atoms with Crippen molar-refractivity contribution in [1.29, 1.82) is 0 Å². The summed E-state index contributed by atoms with van der Waals surface area (Å²) in [7, 11) is 1.77. The van der Waals surface area contributed by atoms with Crippen LogP contribution in [0.2, 0.25) is 0 Å². The SMILES string of the molecule is COCC1CCN(Cc2nnsc2N)CC1. The number of aromatic nitrogens is 2. The predicted molar refractivity (Wildman–Crippen MR) is 64.2 cm³/mol. The van der Waals surface area contributed by atoms with Crippen molar-refractivity contribution < 1.29 is 4.74 Å². The Labute approximate surface area is 99.7 Å². The highest BCUT2D eigenvalue weighted by molar-refractivity contribution is 7.09. The number of rotatable bonds is 4. The van der Waals surface area contributed by atoms with Gasteiger partial charge >= 0.3 is 0 Å². The predicted octanol–water partition coefficient (Wildman–Crippen LogP) is 0.979. The van der Waals surface area contributed by atoms with Gasteiger partial charge in [-0.25, -0.2) is 0 Å². The minimum atomic E-state index is 0.715. The van der Waals surface area contributed by atoms with Gasteiger partial charge in [0.15, 0.2) is 0 Å². The Morgan fingerprint density at radius 2 is 2.25 bits per heavy atom. The van der Waals surface area contributed by atoms with E-state index in [9.17, 15) is 0 Å². The van der Waals surface area contributed by atoms with Crippen LogP contribution >= 0.6 is 11.5 Å². The highest BCUT2D eigenvalue weighted by Crippen LogP contribution is 2.21. The molecule has 0 atom stereocenters. The van der Waals surface area contributed by atoms with Crippen LogP contribution in [-0.2, 0) is 11.3 Å². The quantitative estimate of drug-likeness (QED) is 0.852. The zero-order valence-electron chi connectivity index (χ0n) is 9.56. The smallest absolute Gasteiger partial charge is 0.132 e. The fourth-order valence-corrected chi connectivity index (χ4v) is 2.52. The van der Waals surface area contributed by atoms with Gasteiger partial charge in [-0.3, -0.25) is 4.90 Å². The van der Waals surface area contributed by atoms with Crippen LogP contribution in [0.3, 0.4) is 0 Å². The lowest BCUT2D eigenvalue weighted by atomic mass is 9.98. The molecule has 2 N–H and O–H groups in total. The molecule has 1 aliphatic heterocycles. The molecule has 90 valence electrons. The van der Waals surface area contributed by atoms with Gasteiger partial charge in [0.2, 0.25) is 0 Å². The van der Waals surface area contributed by atoms with Gasteiger partial charge in [0.05, 0.1) is 0 Å². The maximum Gasteiger partial charge on any atom is 0.132 e. The monoisotopic (exact) mass is 242 g/mol. The van der Waals surface area contributed by atoms with Crippen molar-refractivity contribution in [1.82, 2.24) is 14.5 Å². The van der Waals surface area contributed by atoms with Gasteiger partial charge in [-0.05, 0) is 31.8 Å². The maximum absolute atomic E-state index is 5.78. The minimum Gasteiger partial charge on any atom is -0.388 e. The summed E-state index contributed by atoms with van der Waals surface area (Å²) in [5.74, 6) is 0.715. The molecule has 0 spiro atoms. The summed E-state index contributed by atoms with van der Waals surface area (Å²) in [6.45, 7) is 3.92. The molecular formula is C10H18N4OS. The van der Waals surface area contributed by atoms with Gasteiger partial charge in [-0.1, -0.05) is 4.49 Å². The molecule has 0 aliphatic carbocycles. The van der Waals surface area contributed by atoms with E-state index in [1.54, 1.807) is 7.11 Å². The number of likely N-dealkylation sites (tertiary alicyclic amines) is 1. The number of nitrogens with two attached hydrogens (primary N) is 1. The van der Waals surface area contributed by atoms with Crippen LogP contribution < -0.4 is 5.73 Å². The number of nitrogens with zero attached hydrogens (tertiary/aromatic N) is 3. The first kappa shape index (κ1) is 11.8. The molecule has 0 radical (unpaired) electrons. The number of anilines is 1. The molecule has 2 rings (SSSR count). The normalized spacial score (nSPS) is 19.1. The topological polar surface area (TPSA) is 64.3 Å². The number of hydrogen-bond acceptors (Lipinski definition) is 6. The summed E-state index contributed by atoms with van der Waals surface area (Å²) in [5.41, 5.74) is 6.71. The zero-order valence-corrected chi connectivity index (χ0v) is 10.4. The molecule has 0 amide bonds. The van der Waals surface area contributed by atoms with Gasteiger partial charge < -0.3 is 10.5 Å². The van der Waals surface area contributed by atoms with E-state index in [2.05, 4.69) is 14.5 Å². The summed E-state index contributed by atoms with van der Waals surface area (Å²) < 4.78 is 9.03. The largest absolute Gasteiger partial charge is 0.388 e. The number of hydrogen-bond donors (Lipinski definition) is 1. The van der Waals surface area contributed by atoms with E-state index in [-0.39, 0.29) is 0 Å². The number of methoxy groups -OCH3 is 1. The summed E-state index contributed by atoms with van der Waals surface area (Å²) in [6, 6.07) is 0. The van der Waals surface area contributed by atoms with E-state index in [0.29, 0.717) is 5.92 Å². The second-order valence-corrected chi connectivity index (χ2v) is 5.04. The van der Waals surface area contributed by atoms with Crippen LogP contribution in [0.5, 0.6) is 0 Å². The van der Waals surface area contributed by atoms with Crippen LogP contribution in [0.25, 0.3) is 0 Å². The average molecular weight is 242 g/mol. The Kier molecular flexibility index (Phi) is 4.09. The van der Waals surface area contributed by atoms with Crippen molar-refractivity contribution in [3.05, 3.63) is 5.69 Å². The molecule has 1 saturated heterocycles. The molecule has 6 heteroatoms. The molecule has 0 aromatic carbocycles. The third-order valence-electron chi connectivity index (χ3n) is 3.07. The summed E-state index contributed by atoms with van der Waals surface area (Å²) in [6.07, 6.45) is 2.40. The van der Waals surface area contributed by atoms with E-state index in [0.717, 1.165) is 36.9 Å². The van der Waals surface area contributed by atoms with E-state index >= 15 is 0 Å². The molecule has 16 heavy (non-hydrogen) atoms. The fraction of sp³-hybridized carbons (Fsp3) is 0.800. The van der Waals surface area contributed by atoms with Gasteiger partial charge in [0, 0.05) is 31.8 Å². The summed E-state index contributed by atoms with van der Waals surface area (Å²) in [4.78, 5) is 2.39. The average Bonchev–Trinajstić information content (AvgIpc) is 2.68. The third-order valence-corrected chi connectivity index (χ3v) is 3.66. The first-order valence-electron chi connectivity index (χ1n) is 5.57. The Bertz CT molecular complexity index is 322. The van der Waals surface area contributed by atoms with Gasteiger partial charge in [-0.15, -0.1) is 5.10 Å². The van der Waals surface area contributed by atoms with Crippen molar-refractivity contribution in [2.45, 2.75) is 19.4 Å². The number of nitrogen functional groups attached to an aromatic ring is 1. The molecule has 0 saturated carbocycles. The lowest BCUT2D eigenvalue weighted by molar-refractivity contribution is 0.0964. The molecule has 1 aromatic heterocycles. The van der Waals surface area contributed by atoms with Crippen molar-refractivity contribution in [3.8, 4) is 0 Å². The highest BCUT2D eigenvalue weighted by Gasteiger charge is 2.20. The van der Waals surface area contributed by atoms with E-state index in [1.807, 2.05) is 0 Å². The first-order chi connectivity index (χ1) is 7.79. The van der Waals surface area contributed by atoms with Crippen molar-refractivity contribution in [2.75, 3.05) is 32.5 Å². The zero-order chi connectivity index (χ0) is 11.4. The number of ether oxygens (including phenoxy) is 1. The third kappa shape index (κ3) is 2.90. The Balaban J connectivity index is 1.79.